The Hall–Kier alpha value is -1.96. The molecule has 2 nitrogen and oxygen atoms in total. The first-order valence-corrected chi connectivity index (χ1v) is 9.20. The topological polar surface area (TPSA) is 46.2 Å². The molecule has 0 heterocycles. The Morgan fingerprint density at radius 3 is 1.92 bits per heavy atom. The fourth-order valence-electron chi connectivity index (χ4n) is 4.18. The van der Waals surface area contributed by atoms with Gasteiger partial charge in [-0.15, -0.1) is 0 Å². The summed E-state index contributed by atoms with van der Waals surface area (Å²) >= 11 is 0. The predicted molar refractivity (Wildman–Crippen MR) is 102 cm³/mol. The van der Waals surface area contributed by atoms with Crippen LogP contribution in [0.5, 0.6) is 5.75 Å². The number of phenols is 1. The van der Waals surface area contributed by atoms with Crippen LogP contribution in [0.1, 0.15) is 67.2 Å². The molecule has 2 aromatic carbocycles. The lowest BCUT2D eigenvalue weighted by molar-refractivity contribution is 0.366. The summed E-state index contributed by atoms with van der Waals surface area (Å²) in [6.07, 6.45) is 8.82. The van der Waals surface area contributed by atoms with Crippen LogP contribution in [0.4, 0.5) is 5.69 Å². The molecule has 128 valence electrons. The van der Waals surface area contributed by atoms with E-state index in [1.807, 2.05) is 13.0 Å². The van der Waals surface area contributed by atoms with Gasteiger partial charge in [-0.3, -0.25) is 0 Å². The number of aryl methyl sites for hydroxylation is 2. The molecule has 0 radical (unpaired) electrons. The molecule has 2 heteroatoms. The van der Waals surface area contributed by atoms with Gasteiger partial charge in [-0.05, 0) is 61.1 Å². The van der Waals surface area contributed by atoms with Crippen LogP contribution in [-0.4, -0.2) is 5.11 Å². The van der Waals surface area contributed by atoms with Gasteiger partial charge in [-0.2, -0.15) is 0 Å². The molecule has 0 aliphatic heterocycles. The Labute approximate surface area is 145 Å². The Kier molecular flexibility index (Phi) is 4.84. The fourth-order valence-corrected chi connectivity index (χ4v) is 4.18. The first-order valence-electron chi connectivity index (χ1n) is 9.20. The van der Waals surface area contributed by atoms with Crippen molar-refractivity contribution in [3.63, 3.8) is 0 Å². The number of hydrogen-bond donors (Lipinski definition) is 2. The lowest BCUT2D eigenvalue weighted by Crippen LogP contribution is -2.29. The Morgan fingerprint density at radius 1 is 0.792 bits per heavy atom. The van der Waals surface area contributed by atoms with Gasteiger partial charge >= 0.3 is 0 Å². The van der Waals surface area contributed by atoms with Crippen molar-refractivity contribution < 1.29 is 5.11 Å². The van der Waals surface area contributed by atoms with Crippen LogP contribution < -0.4 is 5.73 Å². The zero-order valence-electron chi connectivity index (χ0n) is 14.9. The van der Waals surface area contributed by atoms with E-state index in [0.717, 1.165) is 16.8 Å². The number of aromatic hydroxyl groups is 1. The van der Waals surface area contributed by atoms with Gasteiger partial charge in [-0.1, -0.05) is 56.4 Å². The van der Waals surface area contributed by atoms with Gasteiger partial charge in [0.25, 0.3) is 0 Å². The van der Waals surface area contributed by atoms with Crippen LogP contribution >= 0.6 is 0 Å². The van der Waals surface area contributed by atoms with E-state index < -0.39 is 0 Å². The SMILES string of the molecule is Cc1cc(C2(c3ccc(O)c(C)c3)CCCCCCC2)ccc1N. The second-order valence-corrected chi connectivity index (χ2v) is 7.42. The van der Waals surface area contributed by atoms with Crippen molar-refractivity contribution in [3.05, 3.63) is 58.7 Å². The summed E-state index contributed by atoms with van der Waals surface area (Å²) in [7, 11) is 0. The van der Waals surface area contributed by atoms with Crippen molar-refractivity contribution in [1.82, 2.24) is 0 Å². The van der Waals surface area contributed by atoms with Crippen LogP contribution in [0.15, 0.2) is 36.4 Å². The summed E-state index contributed by atoms with van der Waals surface area (Å²) in [4.78, 5) is 0. The third-order valence-electron chi connectivity index (χ3n) is 5.78. The maximum absolute atomic E-state index is 9.96. The first-order chi connectivity index (χ1) is 11.5. The van der Waals surface area contributed by atoms with E-state index in [1.54, 1.807) is 0 Å². The molecule has 0 bridgehead atoms. The van der Waals surface area contributed by atoms with Gasteiger partial charge < -0.3 is 10.8 Å². The lowest BCUT2D eigenvalue weighted by Gasteiger charge is -2.37. The van der Waals surface area contributed by atoms with Crippen molar-refractivity contribution in [3.8, 4) is 5.75 Å². The number of rotatable bonds is 2. The molecule has 0 amide bonds. The molecule has 0 aromatic heterocycles. The first kappa shape index (κ1) is 16.9. The number of anilines is 1. The van der Waals surface area contributed by atoms with E-state index in [1.165, 1.54) is 56.1 Å². The van der Waals surface area contributed by atoms with Crippen LogP contribution in [0.2, 0.25) is 0 Å². The average molecular weight is 323 g/mol. The van der Waals surface area contributed by atoms with E-state index in [0.29, 0.717) is 5.75 Å². The smallest absolute Gasteiger partial charge is 0.118 e. The average Bonchev–Trinajstić information content (AvgIpc) is 2.53. The summed E-state index contributed by atoms with van der Waals surface area (Å²) in [5.41, 5.74) is 11.8. The van der Waals surface area contributed by atoms with Crippen LogP contribution in [0, 0.1) is 13.8 Å². The number of phenolic OH excluding ortho intramolecular Hbond substituents is 1. The number of benzene rings is 2. The summed E-state index contributed by atoms with van der Waals surface area (Å²) in [5, 5.41) is 9.96. The van der Waals surface area contributed by atoms with Gasteiger partial charge in [-0.25, -0.2) is 0 Å². The number of nitrogen functional groups attached to an aromatic ring is 1. The van der Waals surface area contributed by atoms with Gasteiger partial charge in [0.2, 0.25) is 0 Å². The Balaban J connectivity index is 2.14. The Morgan fingerprint density at radius 2 is 1.33 bits per heavy atom. The summed E-state index contributed by atoms with van der Waals surface area (Å²) in [5.74, 6) is 0.383. The molecule has 0 unspecified atom stereocenters. The highest BCUT2D eigenvalue weighted by Gasteiger charge is 2.34. The second-order valence-electron chi connectivity index (χ2n) is 7.42. The standard InChI is InChI=1S/C22H29NO/c1-16-14-18(8-10-20(16)23)22(12-6-4-3-5-7-13-22)19-9-11-21(24)17(2)15-19/h8-11,14-15,24H,3-7,12-13,23H2,1-2H3. The molecular weight excluding hydrogens is 294 g/mol. The minimum Gasteiger partial charge on any atom is -0.508 e. The highest BCUT2D eigenvalue weighted by atomic mass is 16.3. The van der Waals surface area contributed by atoms with Crippen LogP contribution in [0.3, 0.4) is 0 Å². The van der Waals surface area contributed by atoms with E-state index in [-0.39, 0.29) is 5.41 Å². The molecule has 0 spiro atoms. The molecular formula is C22H29NO. The molecule has 1 fully saturated rings. The van der Waals surface area contributed by atoms with Crippen LogP contribution in [0.25, 0.3) is 0 Å². The molecule has 1 saturated carbocycles. The minimum atomic E-state index is 0.0390. The van der Waals surface area contributed by atoms with Crippen molar-refractivity contribution in [2.45, 2.75) is 64.2 Å². The van der Waals surface area contributed by atoms with E-state index in [4.69, 9.17) is 5.73 Å². The van der Waals surface area contributed by atoms with Gasteiger partial charge in [0.05, 0.1) is 0 Å². The number of nitrogens with two attached hydrogens (primary N) is 1. The fraction of sp³-hybridized carbons (Fsp3) is 0.455. The highest BCUT2D eigenvalue weighted by molar-refractivity contribution is 5.52. The zero-order chi connectivity index (χ0) is 17.2. The van der Waals surface area contributed by atoms with Gasteiger partial charge in [0.1, 0.15) is 5.75 Å². The molecule has 24 heavy (non-hydrogen) atoms. The second kappa shape index (κ2) is 6.88. The Bertz CT molecular complexity index is 658. The molecule has 1 aliphatic rings. The van der Waals surface area contributed by atoms with E-state index in [9.17, 15) is 5.11 Å². The van der Waals surface area contributed by atoms with Gasteiger partial charge in [0, 0.05) is 11.1 Å². The normalized spacial score (nSPS) is 17.9. The summed E-state index contributed by atoms with van der Waals surface area (Å²) < 4.78 is 0. The maximum atomic E-state index is 9.96. The predicted octanol–water partition coefficient (Wildman–Crippen LogP) is 5.62. The maximum Gasteiger partial charge on any atom is 0.118 e. The molecule has 2 aromatic rings. The molecule has 0 saturated heterocycles. The molecule has 3 rings (SSSR count). The number of hydrogen-bond acceptors (Lipinski definition) is 2. The highest BCUT2D eigenvalue weighted by Crippen LogP contribution is 2.44. The van der Waals surface area contributed by atoms with E-state index in [2.05, 4.69) is 37.3 Å². The van der Waals surface area contributed by atoms with Crippen molar-refractivity contribution in [2.24, 2.45) is 0 Å². The summed E-state index contributed by atoms with van der Waals surface area (Å²) in [6, 6.07) is 12.7. The molecule has 0 atom stereocenters. The van der Waals surface area contributed by atoms with Crippen LogP contribution in [-0.2, 0) is 5.41 Å². The summed E-state index contributed by atoms with van der Waals surface area (Å²) in [6.45, 7) is 4.08. The van der Waals surface area contributed by atoms with E-state index >= 15 is 0 Å². The third kappa shape index (κ3) is 3.15. The zero-order valence-corrected chi connectivity index (χ0v) is 14.9. The quantitative estimate of drug-likeness (QED) is 0.704. The minimum absolute atomic E-state index is 0.0390. The monoisotopic (exact) mass is 323 g/mol. The van der Waals surface area contributed by atoms with Crippen molar-refractivity contribution in [1.29, 1.82) is 0 Å². The van der Waals surface area contributed by atoms with Gasteiger partial charge in [0.15, 0.2) is 0 Å². The lowest BCUT2D eigenvalue weighted by atomic mass is 9.66. The molecule has 1 aliphatic carbocycles. The van der Waals surface area contributed by atoms with Crippen molar-refractivity contribution in [2.75, 3.05) is 5.73 Å². The largest absolute Gasteiger partial charge is 0.508 e. The molecule has 3 N–H and O–H groups in total. The van der Waals surface area contributed by atoms with Crippen molar-refractivity contribution >= 4 is 5.69 Å². The third-order valence-corrected chi connectivity index (χ3v) is 5.78.